The van der Waals surface area contributed by atoms with Crippen molar-refractivity contribution in [2.75, 3.05) is 0 Å². The summed E-state index contributed by atoms with van der Waals surface area (Å²) in [6.07, 6.45) is 2.22. The van der Waals surface area contributed by atoms with Crippen molar-refractivity contribution >= 4 is 35.5 Å². The maximum absolute atomic E-state index is 12.7. The van der Waals surface area contributed by atoms with Gasteiger partial charge in [-0.15, -0.1) is 0 Å². The highest BCUT2D eigenvalue weighted by Crippen LogP contribution is 2.13. The van der Waals surface area contributed by atoms with Gasteiger partial charge in [0.05, 0.1) is 12.0 Å². The van der Waals surface area contributed by atoms with Crippen LogP contribution < -0.4 is 15.7 Å². The second-order valence-electron chi connectivity index (χ2n) is 6.56. The molecule has 0 radical (unpaired) electrons. The molecule has 7 heteroatoms. The molecule has 0 heterocycles. The Labute approximate surface area is 174 Å². The number of rotatable bonds is 8. The van der Waals surface area contributed by atoms with Gasteiger partial charge >= 0.3 is 0 Å². The minimum Gasteiger partial charge on any atom is -0.548 e. The molecule has 2 aromatic rings. The number of hydrogen-bond donors (Lipinski definition) is 2. The number of carboxylic acids is 1. The number of benzene rings is 2. The van der Waals surface area contributed by atoms with Crippen molar-refractivity contribution in [3.8, 4) is 0 Å². The van der Waals surface area contributed by atoms with Crippen LogP contribution in [0.15, 0.2) is 54.2 Å². The van der Waals surface area contributed by atoms with Gasteiger partial charge in [-0.3, -0.25) is 9.59 Å². The number of aryl methyl sites for hydroxylation is 1. The minimum absolute atomic E-state index is 0.0831. The Balaban J connectivity index is 2.30. The first-order valence-electron chi connectivity index (χ1n) is 9.17. The van der Waals surface area contributed by atoms with Crippen LogP contribution in [0.3, 0.4) is 0 Å². The first-order chi connectivity index (χ1) is 13.8. The predicted octanol–water partition coefficient (Wildman–Crippen LogP) is 2.45. The van der Waals surface area contributed by atoms with Crippen LogP contribution in [-0.4, -0.2) is 23.8 Å². The minimum atomic E-state index is -1.38. The molecule has 2 rings (SSSR count). The topological polar surface area (TPSA) is 98.3 Å². The molecule has 0 saturated carbocycles. The van der Waals surface area contributed by atoms with Crippen molar-refractivity contribution in [1.82, 2.24) is 10.6 Å². The SMILES string of the molecule is CCC[C@@H](NC(=O)/C(=C/c1ccc(Cl)cc1)NC(=O)c1ccc(C)cc1)C(=O)[O-]. The Morgan fingerprint density at radius 3 is 2.24 bits per heavy atom. The van der Waals surface area contributed by atoms with E-state index in [2.05, 4.69) is 10.6 Å². The first-order valence-corrected chi connectivity index (χ1v) is 9.55. The van der Waals surface area contributed by atoms with Crippen molar-refractivity contribution in [2.45, 2.75) is 32.7 Å². The number of carbonyl (C=O) groups is 3. The molecule has 0 fully saturated rings. The van der Waals surface area contributed by atoms with Crippen LogP contribution in [0.25, 0.3) is 6.08 Å². The molecule has 6 nitrogen and oxygen atoms in total. The van der Waals surface area contributed by atoms with Crippen molar-refractivity contribution in [3.63, 3.8) is 0 Å². The van der Waals surface area contributed by atoms with Crippen LogP contribution in [0.5, 0.6) is 0 Å². The molecular weight excluding hydrogens is 392 g/mol. The summed E-state index contributed by atoms with van der Waals surface area (Å²) in [5.41, 5.74) is 1.90. The zero-order valence-electron chi connectivity index (χ0n) is 16.2. The molecule has 0 bridgehead atoms. The number of amides is 2. The molecule has 0 saturated heterocycles. The number of nitrogens with one attached hydrogen (secondary N) is 2. The summed E-state index contributed by atoms with van der Waals surface area (Å²) in [7, 11) is 0. The molecule has 1 atom stereocenters. The third-order valence-electron chi connectivity index (χ3n) is 4.15. The average Bonchev–Trinajstić information content (AvgIpc) is 2.69. The normalized spacial score (nSPS) is 12.2. The van der Waals surface area contributed by atoms with Crippen LogP contribution in [-0.2, 0) is 9.59 Å². The fraction of sp³-hybridized carbons (Fsp3) is 0.227. The van der Waals surface area contributed by atoms with Gasteiger partial charge in [0.25, 0.3) is 11.8 Å². The largest absolute Gasteiger partial charge is 0.548 e. The molecule has 2 amide bonds. The van der Waals surface area contributed by atoms with Crippen molar-refractivity contribution in [1.29, 1.82) is 0 Å². The molecule has 0 aliphatic heterocycles. The van der Waals surface area contributed by atoms with Gasteiger partial charge in [0.1, 0.15) is 5.70 Å². The van der Waals surface area contributed by atoms with E-state index in [0.717, 1.165) is 5.56 Å². The fourth-order valence-electron chi connectivity index (χ4n) is 2.56. The number of hydrogen-bond acceptors (Lipinski definition) is 4. The van der Waals surface area contributed by atoms with E-state index in [9.17, 15) is 19.5 Å². The molecule has 0 aliphatic carbocycles. The zero-order chi connectivity index (χ0) is 21.4. The number of carboxylic acid groups (broad SMARTS) is 1. The third-order valence-corrected chi connectivity index (χ3v) is 4.41. The summed E-state index contributed by atoms with van der Waals surface area (Å²) in [6.45, 7) is 3.69. The highest BCUT2D eigenvalue weighted by atomic mass is 35.5. The second kappa shape index (κ2) is 10.4. The van der Waals surface area contributed by atoms with Crippen molar-refractivity contribution in [3.05, 3.63) is 75.9 Å². The Bertz CT molecular complexity index is 905. The van der Waals surface area contributed by atoms with Gasteiger partial charge in [-0.25, -0.2) is 0 Å². The van der Waals surface area contributed by atoms with Gasteiger partial charge in [-0.05, 0) is 49.2 Å². The first kappa shape index (κ1) is 22.2. The highest BCUT2D eigenvalue weighted by molar-refractivity contribution is 6.30. The van der Waals surface area contributed by atoms with Crippen LogP contribution in [0.4, 0.5) is 0 Å². The lowest BCUT2D eigenvalue weighted by Crippen LogP contribution is -2.49. The quantitative estimate of drug-likeness (QED) is 0.649. The summed E-state index contributed by atoms with van der Waals surface area (Å²) in [4.78, 5) is 36.6. The molecule has 152 valence electrons. The van der Waals surface area contributed by atoms with Gasteiger partial charge in [-0.2, -0.15) is 0 Å². The van der Waals surface area contributed by atoms with Crippen LogP contribution in [0.2, 0.25) is 5.02 Å². The van der Waals surface area contributed by atoms with E-state index < -0.39 is 23.8 Å². The van der Waals surface area contributed by atoms with Crippen LogP contribution in [0, 0.1) is 6.92 Å². The summed E-state index contributed by atoms with van der Waals surface area (Å²) in [6, 6.07) is 12.3. The van der Waals surface area contributed by atoms with E-state index in [4.69, 9.17) is 11.6 Å². The molecule has 0 aromatic heterocycles. The summed E-state index contributed by atoms with van der Waals surface area (Å²) < 4.78 is 0. The smallest absolute Gasteiger partial charge is 0.268 e. The van der Waals surface area contributed by atoms with Gasteiger partial charge in [0, 0.05) is 10.6 Å². The van der Waals surface area contributed by atoms with E-state index in [0.29, 0.717) is 22.6 Å². The highest BCUT2D eigenvalue weighted by Gasteiger charge is 2.19. The summed E-state index contributed by atoms with van der Waals surface area (Å²) >= 11 is 5.88. The predicted molar refractivity (Wildman–Crippen MR) is 110 cm³/mol. The van der Waals surface area contributed by atoms with Gasteiger partial charge in [-0.1, -0.05) is 54.8 Å². The lowest BCUT2D eigenvalue weighted by atomic mass is 10.1. The van der Waals surface area contributed by atoms with E-state index in [1.54, 1.807) is 55.5 Å². The molecule has 29 heavy (non-hydrogen) atoms. The monoisotopic (exact) mass is 413 g/mol. The lowest BCUT2D eigenvalue weighted by Gasteiger charge is -2.20. The Hall–Kier alpha value is -3.12. The number of carbonyl (C=O) groups excluding carboxylic acids is 3. The standard InChI is InChI=1S/C22H23ClN2O4/c1-3-4-18(22(28)29)24-21(27)19(13-15-7-11-17(23)12-8-15)25-20(26)16-9-5-14(2)6-10-16/h5-13,18H,3-4H2,1-2H3,(H,24,27)(H,25,26)(H,28,29)/p-1/b19-13-/t18-/m1/s1. The third kappa shape index (κ3) is 6.76. The summed E-state index contributed by atoms with van der Waals surface area (Å²) in [5.74, 6) is -2.58. The van der Waals surface area contributed by atoms with E-state index in [1.807, 2.05) is 6.92 Å². The fourth-order valence-corrected chi connectivity index (χ4v) is 2.68. The Morgan fingerprint density at radius 2 is 1.69 bits per heavy atom. The van der Waals surface area contributed by atoms with E-state index in [1.165, 1.54) is 6.08 Å². The molecule has 2 aromatic carbocycles. The maximum Gasteiger partial charge on any atom is 0.268 e. The zero-order valence-corrected chi connectivity index (χ0v) is 17.0. The van der Waals surface area contributed by atoms with Gasteiger partial charge < -0.3 is 20.5 Å². The number of halogens is 1. The van der Waals surface area contributed by atoms with Crippen molar-refractivity contribution in [2.24, 2.45) is 0 Å². The van der Waals surface area contributed by atoms with E-state index in [-0.39, 0.29) is 12.1 Å². The Kier molecular flexibility index (Phi) is 7.98. The van der Waals surface area contributed by atoms with E-state index >= 15 is 0 Å². The molecule has 0 spiro atoms. The van der Waals surface area contributed by atoms with Gasteiger partial charge in [0.2, 0.25) is 0 Å². The second-order valence-corrected chi connectivity index (χ2v) is 7.00. The van der Waals surface area contributed by atoms with Crippen LogP contribution in [0.1, 0.15) is 41.3 Å². The maximum atomic E-state index is 12.7. The Morgan fingerprint density at radius 1 is 1.07 bits per heavy atom. The lowest BCUT2D eigenvalue weighted by molar-refractivity contribution is -0.308. The van der Waals surface area contributed by atoms with Crippen molar-refractivity contribution < 1.29 is 19.5 Å². The molecule has 0 aliphatic rings. The average molecular weight is 414 g/mol. The molecular formula is C22H22ClN2O4-. The number of aliphatic carboxylic acids is 1. The summed E-state index contributed by atoms with van der Waals surface area (Å²) in [5, 5.41) is 16.8. The molecule has 0 unspecified atom stereocenters. The van der Waals surface area contributed by atoms with Crippen LogP contribution >= 0.6 is 11.6 Å². The van der Waals surface area contributed by atoms with Gasteiger partial charge in [0.15, 0.2) is 0 Å². The molecule has 2 N–H and O–H groups in total.